The van der Waals surface area contributed by atoms with Crippen LogP contribution in [0.4, 0.5) is 5.95 Å². The summed E-state index contributed by atoms with van der Waals surface area (Å²) in [6.45, 7) is 0. The fourth-order valence-electron chi connectivity index (χ4n) is 3.55. The monoisotopic (exact) mass is 439 g/mol. The van der Waals surface area contributed by atoms with Gasteiger partial charge in [0.2, 0.25) is 11.9 Å². The van der Waals surface area contributed by atoms with E-state index in [1.807, 2.05) is 0 Å². The predicted molar refractivity (Wildman–Crippen MR) is 104 cm³/mol. The number of amides is 1. The van der Waals surface area contributed by atoms with Crippen LogP contribution in [0.5, 0.6) is 0 Å². The van der Waals surface area contributed by atoms with Gasteiger partial charge in [0.25, 0.3) is 0 Å². The molecule has 2 N–H and O–H groups in total. The number of nitrogens with zero attached hydrogens (tertiary/aromatic N) is 1. The minimum Gasteiger partial charge on any atom is -0.331 e. The van der Waals surface area contributed by atoms with E-state index >= 15 is 0 Å². The molecule has 0 bridgehead atoms. The summed E-state index contributed by atoms with van der Waals surface area (Å²) in [5.41, 5.74) is 0.806. The molecule has 1 aliphatic rings. The minimum absolute atomic E-state index is 0.133. The van der Waals surface area contributed by atoms with Gasteiger partial charge in [-0.25, -0.2) is 13.4 Å². The van der Waals surface area contributed by atoms with Crippen molar-refractivity contribution in [2.75, 3.05) is 11.6 Å². The number of hydrogen-bond donors (Lipinski definition) is 2. The lowest BCUT2D eigenvalue weighted by molar-refractivity contribution is -0.118. The van der Waals surface area contributed by atoms with Gasteiger partial charge in [0.1, 0.15) is 0 Å². The summed E-state index contributed by atoms with van der Waals surface area (Å²) in [7, 11) is -3.32. The number of nitrogens with one attached hydrogen (secondary N) is 2. The average molecular weight is 440 g/mol. The summed E-state index contributed by atoms with van der Waals surface area (Å²) in [6, 6.07) is 5.05. The Morgan fingerprint density at radius 1 is 1.38 bits per heavy atom. The quantitative estimate of drug-likeness (QED) is 0.713. The van der Waals surface area contributed by atoms with Crippen LogP contribution < -0.4 is 5.32 Å². The number of halogens is 1. The normalized spacial score (nSPS) is 16.5. The van der Waals surface area contributed by atoms with Crippen LogP contribution in [-0.2, 0) is 14.6 Å². The third-order valence-electron chi connectivity index (χ3n) is 4.86. The number of H-pyrrole nitrogens is 1. The van der Waals surface area contributed by atoms with E-state index < -0.39 is 9.84 Å². The largest absolute Gasteiger partial charge is 0.331 e. The summed E-state index contributed by atoms with van der Waals surface area (Å²) in [4.78, 5) is 20.0. The molecule has 0 radical (unpaired) electrons. The van der Waals surface area contributed by atoms with E-state index in [-0.39, 0.29) is 16.7 Å². The molecule has 0 aliphatic heterocycles. The second-order valence-corrected chi connectivity index (χ2v) is 9.67. The maximum Gasteiger partial charge on any atom is 0.234 e. The molecule has 1 heterocycles. The van der Waals surface area contributed by atoms with Crippen molar-refractivity contribution < 1.29 is 13.2 Å². The van der Waals surface area contributed by atoms with Crippen LogP contribution in [-0.4, -0.2) is 30.5 Å². The van der Waals surface area contributed by atoms with Gasteiger partial charge in [0.15, 0.2) is 9.84 Å². The Labute approximate surface area is 161 Å². The van der Waals surface area contributed by atoms with Crippen LogP contribution in [0.3, 0.4) is 0 Å². The standard InChI is InChI=1S/C18H22BrN3O3S/c1-26(24,25)16-7-6-13(11-15(16)19)14(10-12-4-2-3-5-12)17(23)22-18-20-8-9-21-18/h6-9,11-12,14H,2-5,10H2,1H3,(H2,20,21,22,23). The average Bonchev–Trinajstić information content (AvgIpc) is 3.24. The van der Waals surface area contributed by atoms with E-state index in [9.17, 15) is 13.2 Å². The van der Waals surface area contributed by atoms with Gasteiger partial charge in [0, 0.05) is 23.1 Å². The maximum absolute atomic E-state index is 12.9. The zero-order valence-corrected chi connectivity index (χ0v) is 16.9. The van der Waals surface area contributed by atoms with Crippen molar-refractivity contribution in [3.05, 3.63) is 40.6 Å². The van der Waals surface area contributed by atoms with E-state index in [2.05, 4.69) is 31.2 Å². The molecular formula is C18H22BrN3O3S. The zero-order valence-electron chi connectivity index (χ0n) is 14.5. The number of aromatic amines is 1. The summed E-state index contributed by atoms with van der Waals surface area (Å²) >= 11 is 3.34. The number of benzene rings is 1. The molecule has 6 nitrogen and oxygen atoms in total. The van der Waals surface area contributed by atoms with Crippen molar-refractivity contribution in [3.63, 3.8) is 0 Å². The molecule has 140 valence electrons. The van der Waals surface area contributed by atoms with Gasteiger partial charge in [-0.3, -0.25) is 10.1 Å². The number of imidazole rings is 1. The van der Waals surface area contributed by atoms with Crippen LogP contribution in [0.15, 0.2) is 40.0 Å². The van der Waals surface area contributed by atoms with Crippen LogP contribution >= 0.6 is 15.9 Å². The van der Waals surface area contributed by atoms with Crippen LogP contribution in [0.1, 0.15) is 43.6 Å². The molecule has 1 fully saturated rings. The van der Waals surface area contributed by atoms with E-state index in [1.54, 1.807) is 30.6 Å². The van der Waals surface area contributed by atoms with Gasteiger partial charge in [-0.2, -0.15) is 0 Å². The smallest absolute Gasteiger partial charge is 0.234 e. The highest BCUT2D eigenvalue weighted by atomic mass is 79.9. The molecule has 1 saturated carbocycles. The zero-order chi connectivity index (χ0) is 18.7. The Bertz CT molecular complexity index is 875. The van der Waals surface area contributed by atoms with E-state index in [4.69, 9.17) is 0 Å². The number of aromatic nitrogens is 2. The minimum atomic E-state index is -3.32. The predicted octanol–water partition coefficient (Wildman–Crippen LogP) is 3.88. The summed E-state index contributed by atoms with van der Waals surface area (Å²) in [5, 5.41) is 2.82. The highest BCUT2D eigenvalue weighted by molar-refractivity contribution is 9.10. The number of sulfone groups is 1. The molecule has 26 heavy (non-hydrogen) atoms. The lowest BCUT2D eigenvalue weighted by Crippen LogP contribution is -2.24. The third-order valence-corrected chi connectivity index (χ3v) is 6.93. The van der Waals surface area contributed by atoms with Gasteiger partial charge in [0.05, 0.1) is 10.8 Å². The first kappa shape index (κ1) is 19.1. The molecule has 1 aromatic heterocycles. The Hall–Kier alpha value is -1.67. The summed E-state index contributed by atoms with van der Waals surface area (Å²) < 4.78 is 24.2. The topological polar surface area (TPSA) is 91.9 Å². The van der Waals surface area contributed by atoms with Gasteiger partial charge in [-0.05, 0) is 46.0 Å². The van der Waals surface area contributed by atoms with Crippen LogP contribution in [0.25, 0.3) is 0 Å². The SMILES string of the molecule is CS(=O)(=O)c1ccc(C(CC2CCCC2)C(=O)Nc2ncc[nH]2)cc1Br. The van der Waals surface area contributed by atoms with E-state index in [0.29, 0.717) is 16.3 Å². The molecule has 1 unspecified atom stereocenters. The number of anilines is 1. The van der Waals surface area contributed by atoms with Crippen molar-refractivity contribution in [3.8, 4) is 0 Å². The van der Waals surface area contributed by atoms with Gasteiger partial charge >= 0.3 is 0 Å². The summed E-state index contributed by atoms with van der Waals surface area (Å²) in [6.07, 6.45) is 9.82. The van der Waals surface area contributed by atoms with Gasteiger partial charge in [-0.15, -0.1) is 0 Å². The number of hydrogen-bond acceptors (Lipinski definition) is 4. The molecular weight excluding hydrogens is 418 g/mol. The molecule has 2 aromatic rings. The molecule has 0 saturated heterocycles. The first-order valence-corrected chi connectivity index (χ1v) is 11.3. The van der Waals surface area contributed by atoms with Crippen molar-refractivity contribution in [2.45, 2.75) is 42.9 Å². The fourth-order valence-corrected chi connectivity index (χ4v) is 5.55. The van der Waals surface area contributed by atoms with Crippen molar-refractivity contribution in [1.29, 1.82) is 0 Å². The van der Waals surface area contributed by atoms with Gasteiger partial charge < -0.3 is 4.98 Å². The molecule has 1 aliphatic carbocycles. The lowest BCUT2D eigenvalue weighted by Gasteiger charge is -2.21. The third kappa shape index (κ3) is 4.54. The number of carbonyl (C=O) groups is 1. The Morgan fingerprint density at radius 2 is 2.12 bits per heavy atom. The molecule has 1 amide bonds. The summed E-state index contributed by atoms with van der Waals surface area (Å²) in [5.74, 6) is 0.438. The fraction of sp³-hybridized carbons (Fsp3) is 0.444. The first-order chi connectivity index (χ1) is 12.3. The Balaban J connectivity index is 1.89. The number of carbonyl (C=O) groups excluding carboxylic acids is 1. The number of rotatable bonds is 6. The molecule has 1 aromatic carbocycles. The van der Waals surface area contributed by atoms with Crippen molar-refractivity contribution >= 4 is 37.6 Å². The van der Waals surface area contributed by atoms with Gasteiger partial charge in [-0.1, -0.05) is 31.7 Å². The first-order valence-electron chi connectivity index (χ1n) is 8.64. The second-order valence-electron chi connectivity index (χ2n) is 6.83. The Kier molecular flexibility index (Phi) is 5.82. The maximum atomic E-state index is 12.9. The van der Waals surface area contributed by atoms with Crippen LogP contribution in [0, 0.1) is 5.92 Å². The van der Waals surface area contributed by atoms with Crippen molar-refractivity contribution in [1.82, 2.24) is 9.97 Å². The highest BCUT2D eigenvalue weighted by Crippen LogP contribution is 2.36. The molecule has 8 heteroatoms. The second kappa shape index (κ2) is 7.92. The Morgan fingerprint density at radius 3 is 2.69 bits per heavy atom. The molecule has 0 spiro atoms. The van der Waals surface area contributed by atoms with E-state index in [1.165, 1.54) is 19.1 Å². The molecule has 1 atom stereocenters. The molecule has 3 rings (SSSR count). The van der Waals surface area contributed by atoms with E-state index in [0.717, 1.165) is 24.8 Å². The van der Waals surface area contributed by atoms with Crippen LogP contribution in [0.2, 0.25) is 0 Å². The highest BCUT2D eigenvalue weighted by Gasteiger charge is 2.28. The lowest BCUT2D eigenvalue weighted by atomic mass is 9.87. The van der Waals surface area contributed by atoms with Crippen molar-refractivity contribution in [2.24, 2.45) is 5.92 Å².